The van der Waals surface area contributed by atoms with Gasteiger partial charge in [-0.05, 0) is 42.6 Å². The molecule has 0 radical (unpaired) electrons. The van der Waals surface area contributed by atoms with E-state index in [1.54, 1.807) is 17.4 Å². The van der Waals surface area contributed by atoms with Gasteiger partial charge < -0.3 is 5.32 Å². The van der Waals surface area contributed by atoms with Crippen LogP contribution in [-0.2, 0) is 0 Å². The van der Waals surface area contributed by atoms with E-state index in [9.17, 15) is 4.39 Å². The van der Waals surface area contributed by atoms with Crippen molar-refractivity contribution in [3.63, 3.8) is 0 Å². The van der Waals surface area contributed by atoms with Crippen molar-refractivity contribution in [3.05, 3.63) is 70.4 Å². The van der Waals surface area contributed by atoms with Gasteiger partial charge >= 0.3 is 0 Å². The monoisotopic (exact) mass is 299 g/mol. The van der Waals surface area contributed by atoms with Gasteiger partial charge in [0.25, 0.3) is 0 Å². The van der Waals surface area contributed by atoms with E-state index in [-0.39, 0.29) is 11.9 Å². The molecule has 3 aromatic rings. The molecule has 0 saturated carbocycles. The number of rotatable bonds is 4. The molecule has 0 spiro atoms. The van der Waals surface area contributed by atoms with Gasteiger partial charge in [-0.15, -0.1) is 11.3 Å². The molecule has 0 aliphatic rings. The average molecular weight is 299 g/mol. The number of aryl methyl sites for hydroxylation is 1. The topological polar surface area (TPSA) is 12.0 Å². The molecule has 108 valence electrons. The highest BCUT2D eigenvalue weighted by molar-refractivity contribution is 7.19. The zero-order chi connectivity index (χ0) is 14.8. The normalized spacial score (nSPS) is 12.7. The highest BCUT2D eigenvalue weighted by Gasteiger charge is 2.16. The number of nitrogens with one attached hydrogen (secondary N) is 1. The number of hydrogen-bond donors (Lipinski definition) is 1. The summed E-state index contributed by atoms with van der Waals surface area (Å²) < 4.78 is 14.4. The molecule has 1 N–H and O–H groups in total. The van der Waals surface area contributed by atoms with Crippen LogP contribution >= 0.6 is 11.3 Å². The van der Waals surface area contributed by atoms with E-state index in [2.05, 4.69) is 49.5 Å². The van der Waals surface area contributed by atoms with Crippen LogP contribution in [0.4, 0.5) is 4.39 Å². The van der Waals surface area contributed by atoms with Gasteiger partial charge in [0, 0.05) is 9.58 Å². The lowest BCUT2D eigenvalue weighted by Crippen LogP contribution is -2.21. The summed E-state index contributed by atoms with van der Waals surface area (Å²) in [6, 6.07) is 15.9. The quantitative estimate of drug-likeness (QED) is 0.711. The minimum Gasteiger partial charge on any atom is -0.306 e. The molecule has 1 unspecified atom stereocenters. The molecule has 1 nitrogen and oxygen atoms in total. The summed E-state index contributed by atoms with van der Waals surface area (Å²) in [4.78, 5) is 1.23. The Hall–Kier alpha value is -1.71. The lowest BCUT2D eigenvalue weighted by atomic mass is 10.0. The fourth-order valence-corrected chi connectivity index (χ4v) is 3.80. The van der Waals surface area contributed by atoms with Crippen molar-refractivity contribution < 1.29 is 4.39 Å². The standard InChI is InChI=1S/C18H18FNS/c1-3-20-18(14-6-4-5-12(2)9-14)17-10-13-7-8-15(19)11-16(13)21-17/h4-11,18,20H,3H2,1-2H3. The Morgan fingerprint density at radius 1 is 1.14 bits per heavy atom. The number of fused-ring (bicyclic) bond motifs is 1. The van der Waals surface area contributed by atoms with Crippen LogP contribution in [0.15, 0.2) is 48.5 Å². The average Bonchev–Trinajstić information content (AvgIpc) is 2.87. The van der Waals surface area contributed by atoms with Gasteiger partial charge in [-0.3, -0.25) is 0 Å². The van der Waals surface area contributed by atoms with Crippen LogP contribution in [0.2, 0.25) is 0 Å². The smallest absolute Gasteiger partial charge is 0.124 e. The first kappa shape index (κ1) is 14.2. The minimum absolute atomic E-state index is 0.162. The molecule has 0 amide bonds. The lowest BCUT2D eigenvalue weighted by Gasteiger charge is -2.17. The molecular formula is C18H18FNS. The second kappa shape index (κ2) is 5.96. The molecule has 0 bridgehead atoms. The van der Waals surface area contributed by atoms with Crippen LogP contribution in [-0.4, -0.2) is 6.54 Å². The summed E-state index contributed by atoms with van der Waals surface area (Å²) in [7, 11) is 0. The van der Waals surface area contributed by atoms with Gasteiger partial charge in [-0.2, -0.15) is 0 Å². The van der Waals surface area contributed by atoms with Crippen molar-refractivity contribution in [2.45, 2.75) is 19.9 Å². The van der Waals surface area contributed by atoms with E-state index < -0.39 is 0 Å². The third kappa shape index (κ3) is 2.99. The molecule has 3 rings (SSSR count). The number of halogens is 1. The molecule has 2 aromatic carbocycles. The maximum Gasteiger partial charge on any atom is 0.124 e. The number of hydrogen-bond acceptors (Lipinski definition) is 2. The van der Waals surface area contributed by atoms with Gasteiger partial charge in [-0.25, -0.2) is 4.39 Å². The third-order valence-corrected chi connectivity index (χ3v) is 4.73. The summed E-state index contributed by atoms with van der Waals surface area (Å²) in [6.45, 7) is 5.10. The first-order chi connectivity index (χ1) is 10.2. The van der Waals surface area contributed by atoms with Crippen molar-refractivity contribution in [2.24, 2.45) is 0 Å². The Balaban J connectivity index is 2.06. The molecule has 1 aromatic heterocycles. The van der Waals surface area contributed by atoms with Crippen molar-refractivity contribution in [3.8, 4) is 0 Å². The Morgan fingerprint density at radius 3 is 2.76 bits per heavy atom. The molecule has 1 heterocycles. The van der Waals surface area contributed by atoms with E-state index in [1.165, 1.54) is 22.1 Å². The van der Waals surface area contributed by atoms with Crippen molar-refractivity contribution in [2.75, 3.05) is 6.54 Å². The zero-order valence-corrected chi connectivity index (χ0v) is 13.0. The van der Waals surface area contributed by atoms with Gasteiger partial charge in [-0.1, -0.05) is 42.8 Å². The summed E-state index contributed by atoms with van der Waals surface area (Å²) in [5, 5.41) is 4.64. The molecule has 0 aliphatic carbocycles. The SMILES string of the molecule is CCNC(c1cccc(C)c1)c1cc2ccc(F)cc2s1. The van der Waals surface area contributed by atoms with E-state index in [4.69, 9.17) is 0 Å². The Bertz CT molecular complexity index is 763. The van der Waals surface area contributed by atoms with Gasteiger partial charge in [0.2, 0.25) is 0 Å². The third-order valence-electron chi connectivity index (χ3n) is 3.57. The molecule has 0 fully saturated rings. The van der Waals surface area contributed by atoms with Crippen LogP contribution in [0, 0.1) is 12.7 Å². The largest absolute Gasteiger partial charge is 0.306 e. The van der Waals surface area contributed by atoms with Crippen LogP contribution < -0.4 is 5.32 Å². The summed E-state index contributed by atoms with van der Waals surface area (Å²) in [6.07, 6.45) is 0. The second-order valence-corrected chi connectivity index (χ2v) is 6.35. The minimum atomic E-state index is -0.175. The molecule has 0 saturated heterocycles. The van der Waals surface area contributed by atoms with E-state index in [0.29, 0.717) is 0 Å². The maximum atomic E-state index is 13.4. The molecule has 3 heteroatoms. The predicted octanol–water partition coefficient (Wildman–Crippen LogP) is 5.05. The van der Waals surface area contributed by atoms with Gasteiger partial charge in [0.15, 0.2) is 0 Å². The number of benzene rings is 2. The van der Waals surface area contributed by atoms with Crippen LogP contribution in [0.1, 0.15) is 29.0 Å². The first-order valence-electron chi connectivity index (χ1n) is 7.16. The number of thiophene rings is 1. The molecule has 1 atom stereocenters. The Kier molecular flexibility index (Phi) is 4.04. The van der Waals surface area contributed by atoms with Crippen molar-refractivity contribution >= 4 is 21.4 Å². The molecule has 0 aliphatic heterocycles. The highest BCUT2D eigenvalue weighted by Crippen LogP contribution is 2.33. The predicted molar refractivity (Wildman–Crippen MR) is 88.5 cm³/mol. The fourth-order valence-electron chi connectivity index (χ4n) is 2.60. The Morgan fingerprint density at radius 2 is 2.00 bits per heavy atom. The van der Waals surface area contributed by atoms with E-state index in [0.717, 1.165) is 16.6 Å². The Labute approximate surface area is 128 Å². The summed E-state index contributed by atoms with van der Waals surface area (Å²) in [5.41, 5.74) is 2.51. The van der Waals surface area contributed by atoms with Crippen molar-refractivity contribution in [1.29, 1.82) is 0 Å². The highest BCUT2D eigenvalue weighted by atomic mass is 32.1. The van der Waals surface area contributed by atoms with Crippen LogP contribution in [0.5, 0.6) is 0 Å². The van der Waals surface area contributed by atoms with Crippen LogP contribution in [0.25, 0.3) is 10.1 Å². The summed E-state index contributed by atoms with van der Waals surface area (Å²) in [5.74, 6) is -0.175. The zero-order valence-electron chi connectivity index (χ0n) is 12.2. The lowest BCUT2D eigenvalue weighted by molar-refractivity contribution is 0.630. The van der Waals surface area contributed by atoms with Crippen LogP contribution in [0.3, 0.4) is 0 Å². The molecule has 21 heavy (non-hydrogen) atoms. The van der Waals surface area contributed by atoms with E-state index >= 15 is 0 Å². The fraction of sp³-hybridized carbons (Fsp3) is 0.222. The maximum absolute atomic E-state index is 13.4. The van der Waals surface area contributed by atoms with Crippen molar-refractivity contribution in [1.82, 2.24) is 5.32 Å². The molecular weight excluding hydrogens is 281 g/mol. The van der Waals surface area contributed by atoms with Gasteiger partial charge in [0.1, 0.15) is 5.82 Å². The van der Waals surface area contributed by atoms with E-state index in [1.807, 2.05) is 6.07 Å². The van der Waals surface area contributed by atoms with Gasteiger partial charge in [0.05, 0.1) is 6.04 Å². The first-order valence-corrected chi connectivity index (χ1v) is 7.98. The summed E-state index contributed by atoms with van der Waals surface area (Å²) >= 11 is 1.66. The second-order valence-electron chi connectivity index (χ2n) is 5.24.